The number of aromatic nitrogens is 2. The average molecular weight is 627 g/mol. The lowest BCUT2D eigenvalue weighted by Gasteiger charge is -2.34. The highest BCUT2D eigenvalue weighted by Crippen LogP contribution is 2.44. The van der Waals surface area contributed by atoms with E-state index in [0.29, 0.717) is 34.1 Å². The van der Waals surface area contributed by atoms with E-state index in [1.165, 1.54) is 35.8 Å². The second-order valence-corrected chi connectivity index (χ2v) is 12.9. The molecule has 7 rings (SSSR count). The highest BCUT2D eigenvalue weighted by molar-refractivity contribution is 6.30. The van der Waals surface area contributed by atoms with Crippen molar-refractivity contribution in [3.63, 3.8) is 0 Å². The normalized spacial score (nSPS) is 16.2. The van der Waals surface area contributed by atoms with Crippen molar-refractivity contribution in [3.8, 4) is 5.75 Å². The number of aromatic carboxylic acids is 1. The molecule has 0 unspecified atom stereocenters. The third-order valence-electron chi connectivity index (χ3n) is 9.09. The van der Waals surface area contributed by atoms with Gasteiger partial charge in [-0.1, -0.05) is 65.7 Å². The monoisotopic (exact) mass is 625 g/mol. The minimum atomic E-state index is -1.11. The van der Waals surface area contributed by atoms with Gasteiger partial charge in [-0.2, -0.15) is 0 Å². The van der Waals surface area contributed by atoms with Crippen LogP contribution in [0, 0.1) is 0 Å². The van der Waals surface area contributed by atoms with E-state index in [2.05, 4.69) is 51.9 Å². The van der Waals surface area contributed by atoms with Crippen molar-refractivity contribution in [2.24, 2.45) is 0 Å². The summed E-state index contributed by atoms with van der Waals surface area (Å²) in [7, 11) is 0. The van der Waals surface area contributed by atoms with Gasteiger partial charge in [-0.3, -0.25) is 4.90 Å². The summed E-state index contributed by atoms with van der Waals surface area (Å²) in [6.45, 7) is 2.22. The van der Waals surface area contributed by atoms with Gasteiger partial charge in [0.15, 0.2) is 0 Å². The first kappa shape index (κ1) is 28.9. The summed E-state index contributed by atoms with van der Waals surface area (Å²) in [5.74, 6) is 0.455. The molecule has 0 bridgehead atoms. The lowest BCUT2D eigenvalue weighted by Crippen LogP contribution is -2.34. The second kappa shape index (κ2) is 11.9. The number of carboxylic acids is 1. The number of hydrogen-bond acceptors (Lipinski definition) is 4. The van der Waals surface area contributed by atoms with E-state index in [0.717, 1.165) is 42.6 Å². The Morgan fingerprint density at radius 3 is 2.05 bits per heavy atom. The Kier molecular flexibility index (Phi) is 7.83. The lowest BCUT2D eigenvalue weighted by molar-refractivity contribution is 0.0693. The topological polar surface area (TPSA) is 78.6 Å². The first-order valence-electron chi connectivity index (χ1n) is 15.1. The zero-order valence-electron chi connectivity index (χ0n) is 24.2. The van der Waals surface area contributed by atoms with Crippen molar-refractivity contribution < 1.29 is 15.0 Å². The molecule has 5 aromatic rings. The standard InChI is InChI=1S/C36H33Cl2N3O3/c37-27-11-6-22(7-12-27)33(23-8-13-28(38)14-9-23)25-10-15-31-32(20-25)41(35(39-31)24-4-5-24)29-16-18-40(19-17-29)21-26-2-1-3-30(34(26)42)36(43)44/h1-3,6-15,20,24,29,33,42H,4-5,16-19,21H2,(H,43,44). The molecule has 0 spiro atoms. The Morgan fingerprint density at radius 1 is 0.841 bits per heavy atom. The number of hydrogen-bond donors (Lipinski definition) is 2. The van der Waals surface area contributed by atoms with E-state index in [4.69, 9.17) is 28.2 Å². The molecule has 1 saturated carbocycles. The van der Waals surface area contributed by atoms with E-state index < -0.39 is 5.97 Å². The highest BCUT2D eigenvalue weighted by atomic mass is 35.5. The SMILES string of the molecule is O=C(O)c1cccc(CN2CCC(n3c(C4CC4)nc4ccc(C(c5ccc(Cl)cc5)c5ccc(Cl)cc5)cc43)CC2)c1O. The van der Waals surface area contributed by atoms with E-state index in [9.17, 15) is 15.0 Å². The molecule has 4 aromatic carbocycles. The summed E-state index contributed by atoms with van der Waals surface area (Å²) in [5.41, 5.74) is 6.30. The molecule has 1 aromatic heterocycles. The van der Waals surface area contributed by atoms with Crippen LogP contribution in [0.2, 0.25) is 10.0 Å². The van der Waals surface area contributed by atoms with Gasteiger partial charge in [0.1, 0.15) is 17.1 Å². The van der Waals surface area contributed by atoms with Crippen molar-refractivity contribution >= 4 is 40.2 Å². The number of aromatic hydroxyl groups is 1. The molecule has 6 nitrogen and oxygen atoms in total. The number of carboxylic acid groups (broad SMARTS) is 1. The Labute approximate surface area is 266 Å². The molecule has 224 valence electrons. The fraction of sp³-hybridized carbons (Fsp3) is 0.278. The Morgan fingerprint density at radius 2 is 1.45 bits per heavy atom. The van der Waals surface area contributed by atoms with Gasteiger partial charge in [0.25, 0.3) is 0 Å². The molecule has 1 aliphatic heterocycles. The summed E-state index contributed by atoms with van der Waals surface area (Å²) in [4.78, 5) is 19.0. The molecule has 2 aliphatic rings. The summed E-state index contributed by atoms with van der Waals surface area (Å²) >= 11 is 12.5. The van der Waals surface area contributed by atoms with Crippen LogP contribution in [0.1, 0.15) is 82.0 Å². The predicted octanol–water partition coefficient (Wildman–Crippen LogP) is 8.64. The molecule has 2 N–H and O–H groups in total. The average Bonchev–Trinajstić information content (AvgIpc) is 3.81. The highest BCUT2D eigenvalue weighted by Gasteiger charge is 2.33. The van der Waals surface area contributed by atoms with Crippen LogP contribution in [0.5, 0.6) is 5.75 Å². The summed E-state index contributed by atoms with van der Waals surface area (Å²) in [5, 5.41) is 21.4. The van der Waals surface area contributed by atoms with Gasteiger partial charge in [-0.25, -0.2) is 9.78 Å². The van der Waals surface area contributed by atoms with Crippen molar-refractivity contribution in [2.75, 3.05) is 13.1 Å². The Bertz CT molecular complexity index is 1780. The van der Waals surface area contributed by atoms with Crippen molar-refractivity contribution in [2.45, 2.75) is 50.1 Å². The summed E-state index contributed by atoms with van der Waals surface area (Å²) in [6.07, 6.45) is 4.25. The first-order chi connectivity index (χ1) is 21.4. The Hall–Kier alpha value is -3.84. The van der Waals surface area contributed by atoms with Gasteiger partial charge in [0, 0.05) is 53.1 Å². The van der Waals surface area contributed by atoms with Crippen LogP contribution in [-0.4, -0.2) is 43.7 Å². The first-order valence-corrected chi connectivity index (χ1v) is 15.9. The van der Waals surface area contributed by atoms with Gasteiger partial charge in [-0.05, 0) is 84.8 Å². The molecule has 44 heavy (non-hydrogen) atoms. The second-order valence-electron chi connectivity index (χ2n) is 12.0. The molecule has 1 saturated heterocycles. The molecular weight excluding hydrogens is 593 g/mol. The number of benzene rings is 4. The number of rotatable bonds is 8. The maximum Gasteiger partial charge on any atom is 0.339 e. The number of fused-ring (bicyclic) bond motifs is 1. The predicted molar refractivity (Wildman–Crippen MR) is 174 cm³/mol. The van der Waals surface area contributed by atoms with E-state index in [1.54, 1.807) is 6.07 Å². The number of halogens is 2. The van der Waals surface area contributed by atoms with Crippen LogP contribution in [0.3, 0.4) is 0 Å². The van der Waals surface area contributed by atoms with Crippen molar-refractivity contribution in [3.05, 3.63) is 129 Å². The van der Waals surface area contributed by atoms with Crippen LogP contribution >= 0.6 is 23.2 Å². The zero-order valence-corrected chi connectivity index (χ0v) is 25.7. The quantitative estimate of drug-likeness (QED) is 0.169. The molecule has 1 aliphatic carbocycles. The van der Waals surface area contributed by atoms with Gasteiger partial charge in [0.2, 0.25) is 0 Å². The van der Waals surface area contributed by atoms with E-state index in [-0.39, 0.29) is 17.2 Å². The molecule has 0 amide bonds. The summed E-state index contributed by atoms with van der Waals surface area (Å²) in [6, 6.07) is 28.1. The van der Waals surface area contributed by atoms with Crippen LogP contribution in [0.25, 0.3) is 11.0 Å². The third-order valence-corrected chi connectivity index (χ3v) is 9.59. The number of piperidine rings is 1. The van der Waals surface area contributed by atoms with Crippen molar-refractivity contribution in [1.82, 2.24) is 14.5 Å². The fourth-order valence-corrected chi connectivity index (χ4v) is 6.93. The van der Waals surface area contributed by atoms with Gasteiger partial charge >= 0.3 is 5.97 Å². The van der Waals surface area contributed by atoms with Gasteiger partial charge < -0.3 is 14.8 Å². The van der Waals surface area contributed by atoms with Crippen molar-refractivity contribution in [1.29, 1.82) is 0 Å². The molecule has 2 fully saturated rings. The maximum atomic E-state index is 11.5. The largest absolute Gasteiger partial charge is 0.507 e. The number of para-hydroxylation sites is 1. The minimum absolute atomic E-state index is 0.0118. The van der Waals surface area contributed by atoms with Gasteiger partial charge in [0.05, 0.1) is 11.0 Å². The van der Waals surface area contributed by atoms with Gasteiger partial charge in [-0.15, -0.1) is 0 Å². The molecule has 8 heteroatoms. The fourth-order valence-electron chi connectivity index (χ4n) is 6.68. The van der Waals surface area contributed by atoms with Crippen LogP contribution in [-0.2, 0) is 6.54 Å². The third kappa shape index (κ3) is 5.70. The number of nitrogens with zero attached hydrogens (tertiary/aromatic N) is 3. The minimum Gasteiger partial charge on any atom is -0.507 e. The van der Waals surface area contributed by atoms with Crippen LogP contribution in [0.4, 0.5) is 0 Å². The van der Waals surface area contributed by atoms with Crippen LogP contribution in [0.15, 0.2) is 84.9 Å². The molecule has 2 heterocycles. The maximum absolute atomic E-state index is 11.5. The Balaban J connectivity index is 1.21. The number of likely N-dealkylation sites (tertiary alicyclic amines) is 1. The zero-order chi connectivity index (χ0) is 30.4. The number of carbonyl (C=O) groups is 1. The summed E-state index contributed by atoms with van der Waals surface area (Å²) < 4.78 is 2.51. The molecular formula is C36H33Cl2N3O3. The lowest BCUT2D eigenvalue weighted by atomic mass is 9.85. The number of phenols is 1. The van der Waals surface area contributed by atoms with E-state index in [1.807, 2.05) is 30.3 Å². The molecule has 0 atom stereocenters. The van der Waals surface area contributed by atoms with E-state index >= 15 is 0 Å². The molecule has 0 radical (unpaired) electrons. The van der Waals surface area contributed by atoms with Crippen LogP contribution < -0.4 is 0 Å². The number of imidazole rings is 1. The smallest absolute Gasteiger partial charge is 0.339 e.